The maximum Gasteiger partial charge on any atom is 1.00 e. The van der Waals surface area contributed by atoms with Crippen LogP contribution in [-0.2, 0) is 25.5 Å². The molecule has 0 aliphatic carbocycles. The summed E-state index contributed by atoms with van der Waals surface area (Å²) in [7, 11) is 0. The molecule has 0 bridgehead atoms. The Bertz CT molecular complexity index is 1610. The molecule has 2 aliphatic rings. The summed E-state index contributed by atoms with van der Waals surface area (Å²) < 4.78 is 33.2. The van der Waals surface area contributed by atoms with Crippen LogP contribution in [0.2, 0.25) is 0 Å². The molecule has 0 saturated carbocycles. The summed E-state index contributed by atoms with van der Waals surface area (Å²) in [6.45, 7) is 4.34. The normalized spacial score (nSPS) is 16.2. The minimum absolute atomic E-state index is 0. The van der Waals surface area contributed by atoms with Gasteiger partial charge >= 0.3 is 35.7 Å². The topological polar surface area (TPSA) is 167 Å². The van der Waals surface area contributed by atoms with Crippen molar-refractivity contribution in [3.8, 4) is 17.2 Å². The minimum atomic E-state index is -1.27. The summed E-state index contributed by atoms with van der Waals surface area (Å²) in [5.41, 5.74) is 7.28. The Labute approximate surface area is 339 Å². The first-order valence-corrected chi connectivity index (χ1v) is 17.5. The Hall–Kier alpha value is -1.69. The van der Waals surface area contributed by atoms with Gasteiger partial charge in [0.15, 0.2) is 5.75 Å². The number of benzene rings is 3. The molecule has 4 N–H and O–H groups in total. The second-order valence-corrected chi connectivity index (χ2v) is 14.0. The average molecular weight is 1010 g/mol. The van der Waals surface area contributed by atoms with E-state index in [4.69, 9.17) is 19.9 Å². The summed E-state index contributed by atoms with van der Waals surface area (Å²) in [6, 6.07) is 12.4. The van der Waals surface area contributed by atoms with Crippen LogP contribution in [-0.4, -0.2) is 74.6 Å². The number of aromatic hydroxyl groups is 1. The second kappa shape index (κ2) is 19.1. The molecule has 3 aromatic carbocycles. The predicted molar refractivity (Wildman–Crippen MR) is 195 cm³/mol. The number of cyclic esters (lactones) is 1. The Morgan fingerprint density at radius 3 is 2.35 bits per heavy atom. The molecule has 0 aromatic heterocycles. The first-order chi connectivity index (χ1) is 22.3. The summed E-state index contributed by atoms with van der Waals surface area (Å²) in [5.74, 6) is -0.346. The number of amides is 2. The van der Waals surface area contributed by atoms with Gasteiger partial charge in [-0.05, 0) is 128 Å². The Morgan fingerprint density at radius 2 is 1.77 bits per heavy atom. The van der Waals surface area contributed by atoms with Crippen LogP contribution in [0.25, 0.3) is 0 Å². The molecule has 2 aliphatic heterocycles. The number of nitrogens with one attached hydrogen (secondary N) is 1. The van der Waals surface area contributed by atoms with Crippen molar-refractivity contribution in [1.82, 2.24) is 5.32 Å². The van der Waals surface area contributed by atoms with Crippen molar-refractivity contribution in [3.63, 3.8) is 0 Å². The van der Waals surface area contributed by atoms with E-state index in [0.717, 1.165) is 12.7 Å². The number of halogens is 4. The quantitative estimate of drug-likeness (QED) is 0.206. The number of phenols is 1. The first-order valence-electron chi connectivity index (χ1n) is 14.3. The molecular weight excluding hydrogens is 979 g/mol. The van der Waals surface area contributed by atoms with Crippen molar-refractivity contribution in [2.75, 3.05) is 49.2 Å². The number of anilines is 2. The zero-order valence-corrected chi connectivity index (χ0v) is 34.5. The second-order valence-electron chi connectivity index (χ2n) is 10.5. The van der Waals surface area contributed by atoms with Crippen LogP contribution >= 0.6 is 67.8 Å². The molecule has 48 heavy (non-hydrogen) atoms. The zero-order valence-electron chi connectivity index (χ0n) is 26.0. The van der Waals surface area contributed by atoms with Crippen LogP contribution in [0.5, 0.6) is 17.2 Å². The van der Waals surface area contributed by atoms with Crippen LogP contribution in [0.15, 0.2) is 48.5 Å². The SMILES string of the molecule is CC(=O)NC[C@H]1CN(c2ccc(N3CCOCC3)c(F)c2)C(=O)O1.N[C@@H](Cc1cc(I)c(Oc2ccc(O)c(I)c2)c(I)c1)C(=O)[O-].[Na+]. The van der Waals surface area contributed by atoms with Crippen LogP contribution in [0.1, 0.15) is 12.5 Å². The molecule has 17 heteroatoms. The van der Waals surface area contributed by atoms with Gasteiger partial charge in [0.1, 0.15) is 23.4 Å². The molecule has 0 spiro atoms. The van der Waals surface area contributed by atoms with Gasteiger partial charge in [0.2, 0.25) is 5.91 Å². The third-order valence-electron chi connectivity index (χ3n) is 7.00. The predicted octanol–water partition coefficient (Wildman–Crippen LogP) is 0.746. The van der Waals surface area contributed by atoms with Crippen molar-refractivity contribution in [2.24, 2.45) is 5.73 Å². The maximum atomic E-state index is 14.4. The molecular formula is C31H31FI3N4NaO8. The fourth-order valence-electron chi connectivity index (χ4n) is 4.65. The molecule has 5 rings (SSSR count). The van der Waals surface area contributed by atoms with Gasteiger partial charge in [-0.2, -0.15) is 0 Å². The third-order valence-corrected chi connectivity index (χ3v) is 9.47. The molecule has 2 fully saturated rings. The van der Waals surface area contributed by atoms with Gasteiger partial charge < -0.3 is 45.2 Å². The zero-order chi connectivity index (χ0) is 34.2. The number of carboxylic acids is 1. The average Bonchev–Trinajstić information content (AvgIpc) is 3.40. The van der Waals surface area contributed by atoms with E-state index in [2.05, 4.69) is 50.5 Å². The van der Waals surface area contributed by atoms with Crippen molar-refractivity contribution >= 4 is 97.1 Å². The van der Waals surface area contributed by atoms with E-state index in [9.17, 15) is 29.0 Å². The Kier molecular flexibility index (Phi) is 16.2. The van der Waals surface area contributed by atoms with Crippen molar-refractivity contribution in [2.45, 2.75) is 25.5 Å². The van der Waals surface area contributed by atoms with Gasteiger partial charge in [-0.25, -0.2) is 9.18 Å². The number of rotatable bonds is 9. The molecule has 2 saturated heterocycles. The largest absolute Gasteiger partial charge is 1.00 e. The molecule has 2 atom stereocenters. The van der Waals surface area contributed by atoms with Gasteiger partial charge in [-0.1, -0.05) is 0 Å². The first kappa shape index (κ1) is 40.7. The summed E-state index contributed by atoms with van der Waals surface area (Å²) in [4.78, 5) is 37.0. The molecule has 0 radical (unpaired) electrons. The Morgan fingerprint density at radius 1 is 1.10 bits per heavy atom. The molecule has 252 valence electrons. The van der Waals surface area contributed by atoms with Crippen molar-refractivity contribution in [3.05, 3.63) is 70.6 Å². The molecule has 3 aromatic rings. The van der Waals surface area contributed by atoms with Gasteiger partial charge in [0.05, 0.1) is 54.4 Å². The molecule has 2 amide bonds. The summed E-state index contributed by atoms with van der Waals surface area (Å²) in [6.07, 6.45) is -0.779. The monoisotopic (exact) mass is 1010 g/mol. The fraction of sp³-hybridized carbons (Fsp3) is 0.323. The molecule has 2 heterocycles. The van der Waals surface area contributed by atoms with E-state index in [-0.39, 0.29) is 66.5 Å². The fourth-order valence-corrected chi connectivity index (χ4v) is 7.26. The van der Waals surface area contributed by atoms with E-state index in [1.807, 2.05) is 39.6 Å². The number of carboxylic acid groups (broad SMARTS) is 1. The van der Waals surface area contributed by atoms with Gasteiger partial charge in [-0.3, -0.25) is 9.69 Å². The number of hydrogen-bond donors (Lipinski definition) is 3. The van der Waals surface area contributed by atoms with Crippen LogP contribution in [0.4, 0.5) is 20.6 Å². The van der Waals surface area contributed by atoms with E-state index >= 15 is 0 Å². The van der Waals surface area contributed by atoms with E-state index < -0.39 is 24.2 Å². The number of hydrogen-bond acceptors (Lipinski definition) is 10. The number of carbonyl (C=O) groups is 3. The number of nitrogens with two attached hydrogens (primary N) is 1. The molecule has 0 unspecified atom stereocenters. The standard InChI is InChI=1S/C16H20FN3O4.C15H12I3NO4.Na/c1-11(21)18-9-13-10-20(16(22)24-13)12-2-3-15(14(17)8-12)19-4-6-23-7-5-19;16-9-6-8(1-2-13(9)20)23-14-10(17)3-7(4-11(14)18)5-12(19)15(21)22;/h2-3,8,13H,4-7,9-10H2,1H3,(H,18,21);1-4,6,12,20H,5,19H2,(H,21,22);/q;;+1/p-1/t13-;12-;/m00./s1. The van der Waals surface area contributed by atoms with E-state index in [0.29, 0.717) is 52.7 Å². The van der Waals surface area contributed by atoms with Crippen LogP contribution in [0, 0.1) is 16.5 Å². The number of ether oxygens (including phenoxy) is 3. The number of aliphatic carboxylic acids is 1. The van der Waals surface area contributed by atoms with Crippen molar-refractivity contribution in [1.29, 1.82) is 0 Å². The van der Waals surface area contributed by atoms with E-state index in [1.54, 1.807) is 30.3 Å². The number of carbonyl (C=O) groups excluding carboxylic acids is 3. The summed E-state index contributed by atoms with van der Waals surface area (Å²) >= 11 is 6.29. The Balaban J connectivity index is 0.000000255. The van der Waals surface area contributed by atoms with Gasteiger partial charge in [0.25, 0.3) is 0 Å². The van der Waals surface area contributed by atoms with Crippen molar-refractivity contribution < 1.29 is 72.8 Å². The molecule has 12 nitrogen and oxygen atoms in total. The van der Waals surface area contributed by atoms with Crippen LogP contribution in [0.3, 0.4) is 0 Å². The number of nitrogens with zero attached hydrogens (tertiary/aromatic N) is 2. The van der Waals surface area contributed by atoms with Gasteiger partial charge in [-0.15, -0.1) is 0 Å². The smallest absolute Gasteiger partial charge is 0.548 e. The third kappa shape index (κ3) is 11.4. The number of phenolic OH excluding ortho intramolecular Hbond substituents is 1. The van der Waals surface area contributed by atoms with Crippen LogP contribution < -0.4 is 60.3 Å². The minimum Gasteiger partial charge on any atom is -0.548 e. The van der Waals surface area contributed by atoms with E-state index in [1.165, 1.54) is 17.9 Å². The van der Waals surface area contributed by atoms with Gasteiger partial charge in [0, 0.05) is 26.1 Å². The summed E-state index contributed by atoms with van der Waals surface area (Å²) in [5, 5.41) is 22.9. The number of morpholine rings is 1. The maximum absolute atomic E-state index is 14.4.